The van der Waals surface area contributed by atoms with Crippen molar-refractivity contribution in [3.63, 3.8) is 0 Å². The number of rotatable bonds is 4. The first-order valence-corrected chi connectivity index (χ1v) is 7.59. The molecular formula is C16H14N4OS. The molecule has 2 heterocycles. The van der Waals surface area contributed by atoms with Crippen molar-refractivity contribution < 1.29 is 4.79 Å². The number of carbonyl (C=O) groups is 1. The highest BCUT2D eigenvalue weighted by Crippen LogP contribution is 2.16. The van der Waals surface area contributed by atoms with Gasteiger partial charge in [0.1, 0.15) is 0 Å². The van der Waals surface area contributed by atoms with Crippen LogP contribution in [0.5, 0.6) is 0 Å². The van der Waals surface area contributed by atoms with Crippen LogP contribution in [0.4, 0.5) is 5.82 Å². The molecule has 0 saturated carbocycles. The minimum atomic E-state index is -0.213. The van der Waals surface area contributed by atoms with Gasteiger partial charge in [0.2, 0.25) is 5.91 Å². The SMILES string of the molecule is Cc1cn(-c2ccccc2)nc1NC(=O)/C=C/c1cncs1. The molecule has 5 nitrogen and oxygen atoms in total. The summed E-state index contributed by atoms with van der Waals surface area (Å²) in [5, 5.41) is 7.20. The molecule has 0 radical (unpaired) electrons. The molecule has 3 rings (SSSR count). The number of thiazole rings is 1. The van der Waals surface area contributed by atoms with E-state index in [-0.39, 0.29) is 5.91 Å². The molecule has 0 atom stereocenters. The standard InChI is InChI=1S/C16H14N4OS/c1-12-10-20(13-5-3-2-4-6-13)19-16(12)18-15(21)8-7-14-9-17-11-22-14/h2-11H,1H3,(H,18,19,21)/b8-7+. The van der Waals surface area contributed by atoms with Crippen molar-refractivity contribution in [3.05, 3.63) is 64.8 Å². The van der Waals surface area contributed by atoms with Gasteiger partial charge in [0, 0.05) is 28.9 Å². The van der Waals surface area contributed by atoms with Crippen LogP contribution in [-0.4, -0.2) is 20.7 Å². The summed E-state index contributed by atoms with van der Waals surface area (Å²) in [6, 6.07) is 9.76. The highest BCUT2D eigenvalue weighted by Gasteiger charge is 2.08. The number of hydrogen-bond acceptors (Lipinski definition) is 4. The second kappa shape index (κ2) is 6.36. The summed E-state index contributed by atoms with van der Waals surface area (Å²) >= 11 is 1.48. The Labute approximate surface area is 131 Å². The molecule has 0 fully saturated rings. The number of para-hydroxylation sites is 1. The van der Waals surface area contributed by atoms with Gasteiger partial charge in [0.15, 0.2) is 5.82 Å². The maximum Gasteiger partial charge on any atom is 0.249 e. The first-order chi connectivity index (χ1) is 10.7. The van der Waals surface area contributed by atoms with E-state index in [9.17, 15) is 4.79 Å². The van der Waals surface area contributed by atoms with E-state index >= 15 is 0 Å². The van der Waals surface area contributed by atoms with Crippen molar-refractivity contribution in [2.45, 2.75) is 6.92 Å². The number of nitrogens with one attached hydrogen (secondary N) is 1. The minimum absolute atomic E-state index is 0.213. The van der Waals surface area contributed by atoms with Gasteiger partial charge in [0.25, 0.3) is 0 Å². The van der Waals surface area contributed by atoms with Gasteiger partial charge in [-0.2, -0.15) is 0 Å². The number of anilines is 1. The molecule has 110 valence electrons. The molecule has 0 spiro atoms. The van der Waals surface area contributed by atoms with Gasteiger partial charge in [-0.05, 0) is 25.1 Å². The van der Waals surface area contributed by atoms with Crippen LogP contribution >= 0.6 is 11.3 Å². The molecule has 1 N–H and O–H groups in total. The Morgan fingerprint density at radius 1 is 1.32 bits per heavy atom. The molecule has 0 bridgehead atoms. The third-order valence-corrected chi connectivity index (χ3v) is 3.75. The van der Waals surface area contributed by atoms with Crippen LogP contribution in [0.25, 0.3) is 11.8 Å². The average molecular weight is 310 g/mol. The van der Waals surface area contributed by atoms with E-state index in [0.717, 1.165) is 16.1 Å². The second-order valence-corrected chi connectivity index (χ2v) is 5.59. The third-order valence-electron chi connectivity index (χ3n) is 3.01. The van der Waals surface area contributed by atoms with Crippen molar-refractivity contribution in [3.8, 4) is 5.69 Å². The molecule has 0 saturated heterocycles. The van der Waals surface area contributed by atoms with Crippen molar-refractivity contribution in [2.24, 2.45) is 0 Å². The lowest BCUT2D eigenvalue weighted by Crippen LogP contribution is -2.09. The second-order valence-electron chi connectivity index (χ2n) is 4.67. The maximum atomic E-state index is 11.9. The maximum absolute atomic E-state index is 11.9. The topological polar surface area (TPSA) is 59.8 Å². The number of nitrogens with zero attached hydrogens (tertiary/aromatic N) is 3. The smallest absolute Gasteiger partial charge is 0.249 e. The van der Waals surface area contributed by atoms with Crippen molar-refractivity contribution in [2.75, 3.05) is 5.32 Å². The summed E-state index contributed by atoms with van der Waals surface area (Å²) in [5.74, 6) is 0.345. The fourth-order valence-corrected chi connectivity index (χ4v) is 2.43. The molecule has 22 heavy (non-hydrogen) atoms. The first-order valence-electron chi connectivity index (χ1n) is 6.71. The number of amides is 1. The molecule has 6 heteroatoms. The Kier molecular flexibility index (Phi) is 4.11. The predicted molar refractivity (Wildman–Crippen MR) is 88.1 cm³/mol. The lowest BCUT2D eigenvalue weighted by molar-refractivity contribution is -0.111. The molecule has 0 unspecified atom stereocenters. The third kappa shape index (κ3) is 3.29. The largest absolute Gasteiger partial charge is 0.305 e. The molecule has 2 aromatic heterocycles. The summed E-state index contributed by atoms with van der Waals surface area (Å²) in [7, 11) is 0. The number of aromatic nitrogens is 3. The molecule has 0 aliphatic heterocycles. The highest BCUT2D eigenvalue weighted by atomic mass is 32.1. The normalized spacial score (nSPS) is 11.0. The lowest BCUT2D eigenvalue weighted by Gasteiger charge is -2.00. The van der Waals surface area contributed by atoms with E-state index in [1.807, 2.05) is 43.5 Å². The van der Waals surface area contributed by atoms with Crippen molar-refractivity contribution in [1.29, 1.82) is 0 Å². The Balaban J connectivity index is 1.73. The molecule has 1 amide bonds. The van der Waals surface area contributed by atoms with Gasteiger partial charge in [-0.1, -0.05) is 18.2 Å². The summed E-state index contributed by atoms with van der Waals surface area (Å²) in [5.41, 5.74) is 3.58. The minimum Gasteiger partial charge on any atom is -0.305 e. The number of benzene rings is 1. The summed E-state index contributed by atoms with van der Waals surface area (Å²) in [4.78, 5) is 16.8. The highest BCUT2D eigenvalue weighted by molar-refractivity contribution is 7.10. The Bertz CT molecular complexity index is 791. The fraction of sp³-hybridized carbons (Fsp3) is 0.0625. The van der Waals surface area contributed by atoms with Gasteiger partial charge in [-0.25, -0.2) is 4.68 Å². The van der Waals surface area contributed by atoms with Gasteiger partial charge < -0.3 is 5.32 Å². The summed E-state index contributed by atoms with van der Waals surface area (Å²) in [6.07, 6.45) is 6.81. The predicted octanol–water partition coefficient (Wildman–Crippen LogP) is 3.29. The van der Waals surface area contributed by atoms with Gasteiger partial charge in [-0.3, -0.25) is 9.78 Å². The van der Waals surface area contributed by atoms with Crippen molar-refractivity contribution >= 4 is 29.1 Å². The number of aryl methyl sites for hydroxylation is 1. The van der Waals surface area contributed by atoms with E-state index in [4.69, 9.17) is 0 Å². The zero-order chi connectivity index (χ0) is 15.4. The first kappa shape index (κ1) is 14.2. The average Bonchev–Trinajstić information content (AvgIpc) is 3.17. The Morgan fingerprint density at radius 3 is 2.86 bits per heavy atom. The number of hydrogen-bond donors (Lipinski definition) is 1. The van der Waals surface area contributed by atoms with E-state index in [2.05, 4.69) is 15.4 Å². The molecular weight excluding hydrogens is 296 g/mol. The van der Waals surface area contributed by atoms with E-state index < -0.39 is 0 Å². The number of carbonyl (C=O) groups excluding carboxylic acids is 1. The van der Waals surface area contributed by atoms with Crippen molar-refractivity contribution in [1.82, 2.24) is 14.8 Å². The van der Waals surface area contributed by atoms with Crippen LogP contribution in [-0.2, 0) is 4.79 Å². The van der Waals surface area contributed by atoms with Crippen LogP contribution in [0.2, 0.25) is 0 Å². The summed E-state index contributed by atoms with van der Waals surface area (Å²) < 4.78 is 1.75. The van der Waals surface area contributed by atoms with Gasteiger partial charge in [-0.15, -0.1) is 16.4 Å². The van der Waals surface area contributed by atoms with Crippen LogP contribution in [0.15, 0.2) is 54.3 Å². The quantitative estimate of drug-likeness (QED) is 0.752. The van der Waals surface area contributed by atoms with Crippen LogP contribution in [0.3, 0.4) is 0 Å². The van der Waals surface area contributed by atoms with Crippen LogP contribution in [0, 0.1) is 6.92 Å². The monoisotopic (exact) mass is 310 g/mol. The van der Waals surface area contributed by atoms with Crippen LogP contribution in [0.1, 0.15) is 10.4 Å². The molecule has 0 aliphatic carbocycles. The molecule has 0 aliphatic rings. The fourth-order valence-electron chi connectivity index (χ4n) is 1.92. The zero-order valence-corrected chi connectivity index (χ0v) is 12.7. The van der Waals surface area contributed by atoms with E-state index in [1.165, 1.54) is 17.4 Å². The van der Waals surface area contributed by atoms with Gasteiger partial charge >= 0.3 is 0 Å². The zero-order valence-electron chi connectivity index (χ0n) is 11.9. The van der Waals surface area contributed by atoms with E-state index in [1.54, 1.807) is 22.5 Å². The van der Waals surface area contributed by atoms with Gasteiger partial charge in [0.05, 0.1) is 11.2 Å². The summed E-state index contributed by atoms with van der Waals surface area (Å²) in [6.45, 7) is 1.91. The Morgan fingerprint density at radius 2 is 2.14 bits per heavy atom. The van der Waals surface area contributed by atoms with E-state index in [0.29, 0.717) is 5.82 Å². The molecule has 1 aromatic carbocycles. The molecule has 3 aromatic rings. The lowest BCUT2D eigenvalue weighted by atomic mass is 10.3. The van der Waals surface area contributed by atoms with Crippen LogP contribution < -0.4 is 5.32 Å². The Hall–Kier alpha value is -2.73.